The number of amides is 2. The molecule has 2 amide bonds. The van der Waals surface area contributed by atoms with Crippen LogP contribution in [0.3, 0.4) is 0 Å². The molecule has 0 aliphatic carbocycles. The summed E-state index contributed by atoms with van der Waals surface area (Å²) < 4.78 is 17.9. The highest BCUT2D eigenvalue weighted by Gasteiger charge is 2.09. The molecule has 1 N–H and O–H groups in total. The van der Waals surface area contributed by atoms with Crippen LogP contribution in [0.25, 0.3) is 11.4 Å². The van der Waals surface area contributed by atoms with Crippen molar-refractivity contribution in [1.82, 2.24) is 20.4 Å². The highest BCUT2D eigenvalue weighted by molar-refractivity contribution is 5.73. The first-order valence-electron chi connectivity index (χ1n) is 6.10. The smallest absolute Gasteiger partial charge is 0.316 e. The molecule has 0 saturated carbocycles. The number of aromatic nitrogens is 2. The summed E-state index contributed by atoms with van der Waals surface area (Å²) in [6, 6.07) is 5.66. The van der Waals surface area contributed by atoms with Crippen LogP contribution in [0.4, 0.5) is 9.18 Å². The lowest BCUT2D eigenvalue weighted by Gasteiger charge is -2.10. The molecule has 0 aliphatic rings. The fraction of sp³-hybridized carbons (Fsp3) is 0.308. The van der Waals surface area contributed by atoms with Gasteiger partial charge >= 0.3 is 6.03 Å². The molecular formula is C13H15FN4O2. The zero-order valence-corrected chi connectivity index (χ0v) is 11.3. The summed E-state index contributed by atoms with van der Waals surface area (Å²) in [5, 5.41) is 6.51. The Morgan fingerprint density at radius 1 is 1.35 bits per heavy atom. The topological polar surface area (TPSA) is 71.3 Å². The molecule has 6 nitrogen and oxygen atoms in total. The predicted octanol–water partition coefficient (Wildman–Crippen LogP) is 1.69. The summed E-state index contributed by atoms with van der Waals surface area (Å²) in [5.41, 5.74) is 0.679. The van der Waals surface area contributed by atoms with Gasteiger partial charge in [0, 0.05) is 32.6 Å². The van der Waals surface area contributed by atoms with Crippen LogP contribution >= 0.6 is 0 Å². The minimum Gasteiger partial charge on any atom is -0.339 e. The maximum atomic E-state index is 12.8. The van der Waals surface area contributed by atoms with Crippen LogP contribution in [0.15, 0.2) is 28.8 Å². The van der Waals surface area contributed by atoms with Gasteiger partial charge in [0.25, 0.3) is 0 Å². The summed E-state index contributed by atoms with van der Waals surface area (Å²) in [6.07, 6.45) is 0.438. The number of rotatable bonds is 4. The zero-order chi connectivity index (χ0) is 14.5. The number of urea groups is 1. The van der Waals surface area contributed by atoms with Crippen LogP contribution in [0.2, 0.25) is 0 Å². The molecule has 20 heavy (non-hydrogen) atoms. The van der Waals surface area contributed by atoms with E-state index in [-0.39, 0.29) is 11.8 Å². The fourth-order valence-electron chi connectivity index (χ4n) is 1.51. The molecule has 0 spiro atoms. The van der Waals surface area contributed by atoms with Crippen LogP contribution in [-0.2, 0) is 6.42 Å². The van der Waals surface area contributed by atoms with E-state index in [4.69, 9.17) is 4.52 Å². The van der Waals surface area contributed by atoms with Gasteiger partial charge in [0.2, 0.25) is 11.7 Å². The Morgan fingerprint density at radius 3 is 2.70 bits per heavy atom. The Morgan fingerprint density at radius 2 is 2.05 bits per heavy atom. The van der Waals surface area contributed by atoms with Gasteiger partial charge in [0.15, 0.2) is 0 Å². The van der Waals surface area contributed by atoms with E-state index < -0.39 is 0 Å². The van der Waals surface area contributed by atoms with Crippen molar-refractivity contribution in [2.45, 2.75) is 6.42 Å². The van der Waals surface area contributed by atoms with Crippen molar-refractivity contribution in [3.05, 3.63) is 36.0 Å². The summed E-state index contributed by atoms with van der Waals surface area (Å²) >= 11 is 0. The Hall–Kier alpha value is -2.44. The third-order valence-corrected chi connectivity index (χ3v) is 2.59. The number of benzene rings is 1. The summed E-state index contributed by atoms with van der Waals surface area (Å²) in [7, 11) is 3.32. The second kappa shape index (κ2) is 6.14. The number of nitrogens with zero attached hydrogens (tertiary/aromatic N) is 3. The number of nitrogens with one attached hydrogen (secondary N) is 1. The van der Waals surface area contributed by atoms with E-state index in [1.165, 1.54) is 17.0 Å². The van der Waals surface area contributed by atoms with Crippen molar-refractivity contribution in [2.24, 2.45) is 0 Å². The Kier molecular flexibility index (Phi) is 4.29. The minimum atomic E-state index is -0.316. The van der Waals surface area contributed by atoms with Gasteiger partial charge in [0.1, 0.15) is 5.82 Å². The first kappa shape index (κ1) is 14.0. The Labute approximate surface area is 115 Å². The maximum Gasteiger partial charge on any atom is 0.316 e. The van der Waals surface area contributed by atoms with Gasteiger partial charge < -0.3 is 14.7 Å². The second-order valence-corrected chi connectivity index (χ2v) is 4.39. The van der Waals surface area contributed by atoms with Gasteiger partial charge in [-0.2, -0.15) is 4.98 Å². The highest BCUT2D eigenvalue weighted by atomic mass is 19.1. The molecular weight excluding hydrogens is 263 g/mol. The molecule has 1 aromatic carbocycles. The SMILES string of the molecule is CN(C)C(=O)NCCc1nc(-c2ccc(F)cc2)no1. The molecule has 0 fully saturated rings. The predicted molar refractivity (Wildman–Crippen MR) is 70.5 cm³/mol. The van der Waals surface area contributed by atoms with Crippen molar-refractivity contribution in [3.8, 4) is 11.4 Å². The van der Waals surface area contributed by atoms with Crippen LogP contribution < -0.4 is 5.32 Å². The summed E-state index contributed by atoms with van der Waals surface area (Å²) in [4.78, 5) is 16.9. The highest BCUT2D eigenvalue weighted by Crippen LogP contribution is 2.16. The van der Waals surface area contributed by atoms with E-state index in [1.807, 2.05) is 0 Å². The number of hydrogen-bond acceptors (Lipinski definition) is 4. The van der Waals surface area contributed by atoms with Crippen molar-refractivity contribution in [1.29, 1.82) is 0 Å². The number of halogens is 1. The van der Waals surface area contributed by atoms with Crippen LogP contribution in [0.1, 0.15) is 5.89 Å². The third kappa shape index (κ3) is 3.53. The number of carbonyl (C=O) groups is 1. The van der Waals surface area contributed by atoms with Gasteiger partial charge in [-0.1, -0.05) is 5.16 Å². The first-order chi connectivity index (χ1) is 9.56. The molecule has 0 aliphatic heterocycles. The van der Waals surface area contributed by atoms with Gasteiger partial charge in [-0.25, -0.2) is 9.18 Å². The second-order valence-electron chi connectivity index (χ2n) is 4.39. The molecule has 2 aromatic rings. The van der Waals surface area contributed by atoms with Gasteiger partial charge in [-0.15, -0.1) is 0 Å². The summed E-state index contributed by atoms with van der Waals surface area (Å²) in [5.74, 6) is 0.506. The van der Waals surface area contributed by atoms with Crippen molar-refractivity contribution < 1.29 is 13.7 Å². The molecule has 0 radical (unpaired) electrons. The van der Waals surface area contributed by atoms with Crippen LogP contribution in [-0.4, -0.2) is 41.7 Å². The molecule has 0 bridgehead atoms. The number of hydrogen-bond donors (Lipinski definition) is 1. The lowest BCUT2D eigenvalue weighted by Crippen LogP contribution is -2.35. The lowest BCUT2D eigenvalue weighted by molar-refractivity contribution is 0.217. The molecule has 106 valence electrons. The van der Waals surface area contributed by atoms with E-state index in [2.05, 4.69) is 15.5 Å². The van der Waals surface area contributed by atoms with Crippen LogP contribution in [0, 0.1) is 5.82 Å². The number of carbonyl (C=O) groups excluding carboxylic acids is 1. The van der Waals surface area contributed by atoms with E-state index >= 15 is 0 Å². The van der Waals surface area contributed by atoms with E-state index in [0.717, 1.165) is 0 Å². The van der Waals surface area contributed by atoms with Crippen LogP contribution in [0.5, 0.6) is 0 Å². The molecule has 0 atom stereocenters. The van der Waals surface area contributed by atoms with Gasteiger partial charge in [-0.05, 0) is 24.3 Å². The molecule has 7 heteroatoms. The molecule has 0 saturated heterocycles. The van der Waals surface area contributed by atoms with Crippen molar-refractivity contribution in [3.63, 3.8) is 0 Å². The quantitative estimate of drug-likeness (QED) is 0.923. The Balaban J connectivity index is 1.92. The molecule has 1 heterocycles. The molecule has 2 rings (SSSR count). The van der Waals surface area contributed by atoms with Crippen molar-refractivity contribution >= 4 is 6.03 Å². The van der Waals surface area contributed by atoms with E-state index in [1.54, 1.807) is 26.2 Å². The Bertz CT molecular complexity index is 580. The summed E-state index contributed by atoms with van der Waals surface area (Å²) in [6.45, 7) is 0.405. The first-order valence-corrected chi connectivity index (χ1v) is 6.10. The minimum absolute atomic E-state index is 0.178. The lowest BCUT2D eigenvalue weighted by atomic mass is 10.2. The largest absolute Gasteiger partial charge is 0.339 e. The van der Waals surface area contributed by atoms with E-state index in [0.29, 0.717) is 30.2 Å². The molecule has 1 aromatic heterocycles. The average Bonchev–Trinajstić information content (AvgIpc) is 2.88. The monoisotopic (exact) mass is 278 g/mol. The standard InChI is InChI=1S/C13H15FN4O2/c1-18(2)13(19)15-8-7-11-16-12(17-20-11)9-3-5-10(14)6-4-9/h3-6H,7-8H2,1-2H3,(H,15,19). The molecule has 0 unspecified atom stereocenters. The van der Waals surface area contributed by atoms with Crippen molar-refractivity contribution in [2.75, 3.05) is 20.6 Å². The maximum absolute atomic E-state index is 12.8. The third-order valence-electron chi connectivity index (χ3n) is 2.59. The fourth-order valence-corrected chi connectivity index (χ4v) is 1.51. The average molecular weight is 278 g/mol. The van der Waals surface area contributed by atoms with E-state index in [9.17, 15) is 9.18 Å². The normalized spacial score (nSPS) is 10.3. The van der Waals surface area contributed by atoms with Gasteiger partial charge in [0.05, 0.1) is 0 Å². The zero-order valence-electron chi connectivity index (χ0n) is 11.3. The van der Waals surface area contributed by atoms with Gasteiger partial charge in [-0.3, -0.25) is 0 Å².